The quantitative estimate of drug-likeness (QED) is 0.888. The van der Waals surface area contributed by atoms with Gasteiger partial charge in [-0.3, -0.25) is 9.59 Å². The van der Waals surface area contributed by atoms with Crippen LogP contribution in [0.1, 0.15) is 29.6 Å². The van der Waals surface area contributed by atoms with Crippen molar-refractivity contribution in [3.05, 3.63) is 60.2 Å². The van der Waals surface area contributed by atoms with Gasteiger partial charge in [0.2, 0.25) is 5.91 Å². The lowest BCUT2D eigenvalue weighted by molar-refractivity contribution is -0.120. The molecule has 5 heteroatoms. The maximum Gasteiger partial charge on any atom is 0.253 e. The van der Waals surface area contributed by atoms with Crippen molar-refractivity contribution in [1.82, 2.24) is 10.2 Å². The first kappa shape index (κ1) is 18.7. The molecule has 0 unspecified atom stereocenters. The van der Waals surface area contributed by atoms with Crippen molar-refractivity contribution in [2.45, 2.75) is 19.3 Å². The third-order valence-corrected chi connectivity index (χ3v) is 4.97. The van der Waals surface area contributed by atoms with Crippen LogP contribution in [0.4, 0.5) is 0 Å². The molecular weight excluding hydrogens is 338 g/mol. The van der Waals surface area contributed by atoms with E-state index in [4.69, 9.17) is 5.26 Å². The molecule has 0 bridgehead atoms. The Bertz CT molecular complexity index is 817. The van der Waals surface area contributed by atoms with E-state index in [1.807, 2.05) is 53.4 Å². The third kappa shape index (κ3) is 4.95. The van der Waals surface area contributed by atoms with E-state index >= 15 is 0 Å². The SMILES string of the molecule is N#CCC(=O)NCC1CCN(C(=O)c2ccc(-c3ccccc3)cc2)CC1. The smallest absolute Gasteiger partial charge is 0.253 e. The minimum atomic E-state index is -0.227. The van der Waals surface area contributed by atoms with Gasteiger partial charge in [0.25, 0.3) is 5.91 Å². The Hall–Kier alpha value is -3.13. The molecule has 1 saturated heterocycles. The summed E-state index contributed by atoms with van der Waals surface area (Å²) in [4.78, 5) is 26.0. The van der Waals surface area contributed by atoms with Crippen molar-refractivity contribution in [2.24, 2.45) is 5.92 Å². The molecule has 2 amide bonds. The van der Waals surface area contributed by atoms with Crippen molar-refractivity contribution in [1.29, 1.82) is 5.26 Å². The highest BCUT2D eigenvalue weighted by Crippen LogP contribution is 2.22. The van der Waals surface area contributed by atoms with Crippen LogP contribution in [0, 0.1) is 17.2 Å². The van der Waals surface area contributed by atoms with E-state index < -0.39 is 0 Å². The van der Waals surface area contributed by atoms with Gasteiger partial charge in [0.15, 0.2) is 0 Å². The van der Waals surface area contributed by atoms with Crippen molar-refractivity contribution in [3.63, 3.8) is 0 Å². The van der Waals surface area contributed by atoms with Crippen LogP contribution >= 0.6 is 0 Å². The molecule has 2 aromatic carbocycles. The summed E-state index contributed by atoms with van der Waals surface area (Å²) >= 11 is 0. The average Bonchev–Trinajstić information content (AvgIpc) is 2.73. The summed E-state index contributed by atoms with van der Waals surface area (Å²) in [6.07, 6.45) is 1.62. The minimum Gasteiger partial charge on any atom is -0.355 e. The monoisotopic (exact) mass is 361 g/mol. The standard InChI is InChI=1S/C22H23N3O2/c23-13-10-21(26)24-16-17-11-14-25(15-12-17)22(27)20-8-6-19(7-9-20)18-4-2-1-3-5-18/h1-9,17H,10-12,14-16H2,(H,24,26). The molecule has 1 N–H and O–H groups in total. The molecule has 138 valence electrons. The predicted octanol–water partition coefficient (Wildman–Crippen LogP) is 3.24. The van der Waals surface area contributed by atoms with Crippen LogP contribution in [0.25, 0.3) is 11.1 Å². The Morgan fingerprint density at radius 3 is 2.26 bits per heavy atom. The Labute approximate surface area is 159 Å². The second kappa shape index (κ2) is 9.00. The summed E-state index contributed by atoms with van der Waals surface area (Å²) in [6.45, 7) is 1.96. The first-order chi connectivity index (χ1) is 13.2. The highest BCUT2D eigenvalue weighted by atomic mass is 16.2. The number of likely N-dealkylation sites (tertiary alicyclic amines) is 1. The minimum absolute atomic E-state index is 0.0570. The van der Waals surface area contributed by atoms with Crippen LogP contribution in [0.2, 0.25) is 0 Å². The second-order valence-corrected chi connectivity index (χ2v) is 6.82. The topological polar surface area (TPSA) is 73.2 Å². The molecule has 1 fully saturated rings. The van der Waals surface area contributed by atoms with Crippen LogP contribution in [0.15, 0.2) is 54.6 Å². The van der Waals surface area contributed by atoms with Crippen molar-refractivity contribution < 1.29 is 9.59 Å². The lowest BCUT2D eigenvalue weighted by Crippen LogP contribution is -2.41. The Morgan fingerprint density at radius 2 is 1.63 bits per heavy atom. The maximum atomic E-state index is 12.7. The zero-order valence-corrected chi connectivity index (χ0v) is 15.2. The van der Waals surface area contributed by atoms with E-state index in [2.05, 4.69) is 17.4 Å². The molecule has 1 heterocycles. The highest BCUT2D eigenvalue weighted by Gasteiger charge is 2.23. The molecule has 0 radical (unpaired) electrons. The first-order valence-electron chi connectivity index (χ1n) is 9.26. The van der Waals surface area contributed by atoms with Gasteiger partial charge in [-0.05, 0) is 42.0 Å². The van der Waals surface area contributed by atoms with Gasteiger partial charge in [0.05, 0.1) is 6.07 Å². The third-order valence-electron chi connectivity index (χ3n) is 4.97. The number of nitrogens with one attached hydrogen (secondary N) is 1. The molecule has 5 nitrogen and oxygen atoms in total. The molecule has 2 aromatic rings. The lowest BCUT2D eigenvalue weighted by Gasteiger charge is -2.32. The summed E-state index contributed by atoms with van der Waals surface area (Å²) in [5.41, 5.74) is 2.94. The Balaban J connectivity index is 1.52. The molecule has 3 rings (SSSR count). The van der Waals surface area contributed by atoms with E-state index in [1.54, 1.807) is 0 Å². The molecule has 0 saturated carbocycles. The molecule has 0 spiro atoms. The van der Waals surface area contributed by atoms with Gasteiger partial charge in [-0.25, -0.2) is 0 Å². The number of carbonyl (C=O) groups is 2. The molecule has 27 heavy (non-hydrogen) atoms. The van der Waals surface area contributed by atoms with Crippen LogP contribution in [-0.2, 0) is 4.79 Å². The summed E-state index contributed by atoms with van der Waals surface area (Å²) < 4.78 is 0. The van der Waals surface area contributed by atoms with Gasteiger partial charge in [-0.15, -0.1) is 0 Å². The first-order valence-corrected chi connectivity index (χ1v) is 9.26. The van der Waals surface area contributed by atoms with Gasteiger partial charge < -0.3 is 10.2 Å². The fourth-order valence-corrected chi connectivity index (χ4v) is 3.35. The van der Waals surface area contributed by atoms with Crippen LogP contribution in [0.5, 0.6) is 0 Å². The van der Waals surface area contributed by atoms with Crippen LogP contribution < -0.4 is 5.32 Å². The molecule has 0 atom stereocenters. The second-order valence-electron chi connectivity index (χ2n) is 6.82. The molecule has 0 aromatic heterocycles. The molecule has 1 aliphatic rings. The summed E-state index contributed by atoms with van der Waals surface area (Å²) in [6, 6.07) is 19.7. The van der Waals surface area contributed by atoms with Gasteiger partial charge in [-0.1, -0.05) is 42.5 Å². The highest BCUT2D eigenvalue weighted by molar-refractivity contribution is 5.94. The van der Waals surface area contributed by atoms with Crippen molar-refractivity contribution in [2.75, 3.05) is 19.6 Å². The van der Waals surface area contributed by atoms with Gasteiger partial charge in [-0.2, -0.15) is 5.26 Å². The van der Waals surface area contributed by atoms with Crippen LogP contribution in [-0.4, -0.2) is 36.3 Å². The number of hydrogen-bond donors (Lipinski definition) is 1. The summed E-state index contributed by atoms with van der Waals surface area (Å²) in [5.74, 6) is 0.188. The number of nitriles is 1. The lowest BCUT2D eigenvalue weighted by atomic mass is 9.96. The van der Waals surface area contributed by atoms with E-state index in [1.165, 1.54) is 0 Å². The summed E-state index contributed by atoms with van der Waals surface area (Å²) in [7, 11) is 0. The fourth-order valence-electron chi connectivity index (χ4n) is 3.35. The Kier molecular flexibility index (Phi) is 6.22. The van der Waals surface area contributed by atoms with E-state index in [0.717, 1.165) is 24.0 Å². The number of rotatable bonds is 5. The van der Waals surface area contributed by atoms with Crippen molar-refractivity contribution in [3.8, 4) is 17.2 Å². The fraction of sp³-hybridized carbons (Fsp3) is 0.318. The maximum absolute atomic E-state index is 12.7. The number of benzene rings is 2. The normalized spacial score (nSPS) is 14.4. The zero-order valence-electron chi connectivity index (χ0n) is 15.2. The number of carbonyl (C=O) groups excluding carboxylic acids is 2. The predicted molar refractivity (Wildman–Crippen MR) is 104 cm³/mol. The van der Waals surface area contributed by atoms with E-state index in [9.17, 15) is 9.59 Å². The molecular formula is C22H23N3O2. The number of piperidine rings is 1. The number of hydrogen-bond acceptors (Lipinski definition) is 3. The molecule has 0 aliphatic carbocycles. The average molecular weight is 361 g/mol. The number of amides is 2. The van der Waals surface area contributed by atoms with Gasteiger partial charge in [0, 0.05) is 25.2 Å². The van der Waals surface area contributed by atoms with Crippen molar-refractivity contribution >= 4 is 11.8 Å². The van der Waals surface area contributed by atoms with E-state index in [-0.39, 0.29) is 18.2 Å². The largest absolute Gasteiger partial charge is 0.355 e. The van der Waals surface area contributed by atoms with E-state index in [0.29, 0.717) is 31.1 Å². The summed E-state index contributed by atoms with van der Waals surface area (Å²) in [5, 5.41) is 11.3. The number of nitrogens with zero attached hydrogens (tertiary/aromatic N) is 2. The van der Waals surface area contributed by atoms with Gasteiger partial charge >= 0.3 is 0 Å². The molecule has 1 aliphatic heterocycles. The van der Waals surface area contributed by atoms with Crippen LogP contribution in [0.3, 0.4) is 0 Å². The van der Waals surface area contributed by atoms with Gasteiger partial charge in [0.1, 0.15) is 6.42 Å². The zero-order chi connectivity index (χ0) is 19.1. The Morgan fingerprint density at radius 1 is 1.00 bits per heavy atom.